The van der Waals surface area contributed by atoms with Crippen molar-refractivity contribution in [2.45, 2.75) is 37.1 Å². The third-order valence-corrected chi connectivity index (χ3v) is 5.65. The first-order valence-electron chi connectivity index (χ1n) is 5.79. The summed E-state index contributed by atoms with van der Waals surface area (Å²) in [6, 6.07) is 7.01. The molecular weight excluding hydrogens is 302 g/mol. The topological polar surface area (TPSA) is 37.4 Å². The van der Waals surface area contributed by atoms with Crippen LogP contribution in [0.25, 0.3) is 0 Å². The molecule has 1 aliphatic heterocycles. The number of piperidine rings is 1. The van der Waals surface area contributed by atoms with Crippen LogP contribution in [0.1, 0.15) is 26.2 Å². The van der Waals surface area contributed by atoms with Crippen LogP contribution >= 0.6 is 15.9 Å². The molecule has 5 heteroatoms. The quantitative estimate of drug-likeness (QED) is 0.840. The van der Waals surface area contributed by atoms with E-state index in [2.05, 4.69) is 15.9 Å². The highest BCUT2D eigenvalue weighted by Crippen LogP contribution is 2.26. The second-order valence-electron chi connectivity index (χ2n) is 4.42. The second-order valence-corrected chi connectivity index (χ2v) is 7.22. The highest BCUT2D eigenvalue weighted by molar-refractivity contribution is 9.10. The molecule has 3 nitrogen and oxygen atoms in total. The van der Waals surface area contributed by atoms with Crippen LogP contribution in [-0.2, 0) is 10.0 Å². The van der Waals surface area contributed by atoms with Gasteiger partial charge in [0.25, 0.3) is 0 Å². The van der Waals surface area contributed by atoms with Gasteiger partial charge < -0.3 is 0 Å². The first-order chi connectivity index (χ1) is 8.01. The van der Waals surface area contributed by atoms with Gasteiger partial charge >= 0.3 is 0 Å². The molecule has 94 valence electrons. The number of benzene rings is 1. The van der Waals surface area contributed by atoms with E-state index in [-0.39, 0.29) is 6.04 Å². The lowest BCUT2D eigenvalue weighted by atomic mass is 10.1. The third-order valence-electron chi connectivity index (χ3n) is 3.14. The van der Waals surface area contributed by atoms with Gasteiger partial charge in [0.15, 0.2) is 0 Å². The number of hydrogen-bond acceptors (Lipinski definition) is 2. The van der Waals surface area contributed by atoms with E-state index in [9.17, 15) is 8.42 Å². The highest BCUT2D eigenvalue weighted by Gasteiger charge is 2.30. The molecule has 1 aliphatic rings. The summed E-state index contributed by atoms with van der Waals surface area (Å²) >= 11 is 3.31. The van der Waals surface area contributed by atoms with Gasteiger partial charge in [0.1, 0.15) is 0 Å². The van der Waals surface area contributed by atoms with E-state index in [0.29, 0.717) is 11.4 Å². The van der Waals surface area contributed by atoms with Gasteiger partial charge in [-0.15, -0.1) is 0 Å². The molecule has 17 heavy (non-hydrogen) atoms. The first-order valence-corrected chi connectivity index (χ1v) is 8.02. The standard InChI is InChI=1S/C12H16BrNO2S/c1-10-5-2-3-8-14(10)17(15,16)12-7-4-6-11(13)9-12/h4,6-7,9-10H,2-3,5,8H2,1H3/t10-/m1/s1. The monoisotopic (exact) mass is 317 g/mol. The van der Waals surface area contributed by atoms with Gasteiger partial charge in [0.05, 0.1) is 4.90 Å². The molecular formula is C12H16BrNO2S. The van der Waals surface area contributed by atoms with E-state index < -0.39 is 10.0 Å². The molecule has 0 bridgehead atoms. The normalized spacial score (nSPS) is 22.6. The molecule has 1 aromatic carbocycles. The fourth-order valence-corrected chi connectivity index (χ4v) is 4.49. The molecule has 0 unspecified atom stereocenters. The summed E-state index contributed by atoms with van der Waals surface area (Å²) in [5, 5.41) is 0. The van der Waals surface area contributed by atoms with Crippen LogP contribution in [0.4, 0.5) is 0 Å². The minimum absolute atomic E-state index is 0.104. The summed E-state index contributed by atoms with van der Waals surface area (Å²) in [5.41, 5.74) is 0. The molecule has 0 amide bonds. The van der Waals surface area contributed by atoms with E-state index in [4.69, 9.17) is 0 Å². The minimum Gasteiger partial charge on any atom is -0.207 e. The van der Waals surface area contributed by atoms with E-state index in [1.54, 1.807) is 22.5 Å². The van der Waals surface area contributed by atoms with Crippen molar-refractivity contribution < 1.29 is 8.42 Å². The Balaban J connectivity index is 2.35. The zero-order chi connectivity index (χ0) is 12.5. The van der Waals surface area contributed by atoms with Crippen LogP contribution < -0.4 is 0 Å². The molecule has 0 radical (unpaired) electrons. The van der Waals surface area contributed by atoms with Gasteiger partial charge in [-0.1, -0.05) is 28.4 Å². The van der Waals surface area contributed by atoms with Crippen molar-refractivity contribution in [1.29, 1.82) is 0 Å². The second kappa shape index (κ2) is 5.08. The van der Waals surface area contributed by atoms with E-state index in [0.717, 1.165) is 23.7 Å². The van der Waals surface area contributed by atoms with Gasteiger partial charge in [-0.05, 0) is 38.0 Å². The minimum atomic E-state index is -3.33. The lowest BCUT2D eigenvalue weighted by molar-refractivity contribution is 0.268. The molecule has 1 fully saturated rings. The number of rotatable bonds is 2. The number of hydrogen-bond donors (Lipinski definition) is 0. The molecule has 0 aromatic heterocycles. The van der Waals surface area contributed by atoms with Crippen molar-refractivity contribution in [1.82, 2.24) is 4.31 Å². The molecule has 0 spiro atoms. The van der Waals surface area contributed by atoms with Gasteiger partial charge in [-0.3, -0.25) is 0 Å². The average Bonchev–Trinajstić information content (AvgIpc) is 2.29. The Bertz CT molecular complexity index is 501. The van der Waals surface area contributed by atoms with Crippen molar-refractivity contribution in [3.63, 3.8) is 0 Å². The van der Waals surface area contributed by atoms with E-state index >= 15 is 0 Å². The summed E-state index contributed by atoms with van der Waals surface area (Å²) in [7, 11) is -3.33. The first kappa shape index (κ1) is 13.1. The Hall–Kier alpha value is -0.390. The van der Waals surface area contributed by atoms with E-state index in [1.165, 1.54) is 0 Å². The third kappa shape index (κ3) is 2.72. The van der Waals surface area contributed by atoms with Crippen LogP contribution in [0.5, 0.6) is 0 Å². The summed E-state index contributed by atoms with van der Waals surface area (Å²) in [4.78, 5) is 0.376. The molecule has 1 saturated heterocycles. The molecule has 1 aromatic rings. The van der Waals surface area contributed by atoms with Crippen molar-refractivity contribution in [3.8, 4) is 0 Å². The Morgan fingerprint density at radius 1 is 1.35 bits per heavy atom. The Kier molecular flexibility index (Phi) is 3.90. The predicted octanol–water partition coefficient (Wildman–Crippen LogP) is 3.01. The van der Waals surface area contributed by atoms with E-state index in [1.807, 2.05) is 13.0 Å². The van der Waals surface area contributed by atoms with Crippen molar-refractivity contribution >= 4 is 26.0 Å². The smallest absolute Gasteiger partial charge is 0.207 e. The lowest BCUT2D eigenvalue weighted by Gasteiger charge is -2.32. The highest BCUT2D eigenvalue weighted by atomic mass is 79.9. The summed E-state index contributed by atoms with van der Waals surface area (Å²) in [6.07, 6.45) is 3.02. The molecule has 0 saturated carbocycles. The zero-order valence-corrected chi connectivity index (χ0v) is 12.2. The van der Waals surface area contributed by atoms with Crippen LogP contribution in [-0.4, -0.2) is 25.3 Å². The Morgan fingerprint density at radius 3 is 2.76 bits per heavy atom. The summed E-state index contributed by atoms with van der Waals surface area (Å²) in [5.74, 6) is 0. The van der Waals surface area contributed by atoms with Crippen LogP contribution in [0.3, 0.4) is 0 Å². The summed E-state index contributed by atoms with van der Waals surface area (Å²) in [6.45, 7) is 2.62. The lowest BCUT2D eigenvalue weighted by Crippen LogP contribution is -2.41. The van der Waals surface area contributed by atoms with Gasteiger partial charge in [-0.2, -0.15) is 4.31 Å². The summed E-state index contributed by atoms with van der Waals surface area (Å²) < 4.78 is 27.3. The van der Waals surface area contributed by atoms with Crippen molar-refractivity contribution in [2.24, 2.45) is 0 Å². The maximum absolute atomic E-state index is 12.5. The van der Waals surface area contributed by atoms with Crippen molar-refractivity contribution in [3.05, 3.63) is 28.7 Å². The fraction of sp³-hybridized carbons (Fsp3) is 0.500. The maximum atomic E-state index is 12.5. The fourth-order valence-electron chi connectivity index (χ4n) is 2.19. The van der Waals surface area contributed by atoms with Crippen LogP contribution in [0.15, 0.2) is 33.6 Å². The molecule has 0 N–H and O–H groups in total. The van der Waals surface area contributed by atoms with Gasteiger partial charge in [0, 0.05) is 17.1 Å². The average molecular weight is 318 g/mol. The molecule has 1 atom stereocenters. The molecule has 2 rings (SSSR count). The SMILES string of the molecule is C[C@@H]1CCCCN1S(=O)(=O)c1cccc(Br)c1. The number of sulfonamides is 1. The van der Waals surface area contributed by atoms with Crippen LogP contribution in [0.2, 0.25) is 0 Å². The Morgan fingerprint density at radius 2 is 2.12 bits per heavy atom. The van der Waals surface area contributed by atoms with Gasteiger partial charge in [0.2, 0.25) is 10.0 Å². The number of nitrogens with zero attached hydrogens (tertiary/aromatic N) is 1. The van der Waals surface area contributed by atoms with Gasteiger partial charge in [-0.25, -0.2) is 8.42 Å². The predicted molar refractivity (Wildman–Crippen MR) is 71.3 cm³/mol. The van der Waals surface area contributed by atoms with Crippen molar-refractivity contribution in [2.75, 3.05) is 6.54 Å². The molecule has 1 heterocycles. The zero-order valence-electron chi connectivity index (χ0n) is 9.77. The van der Waals surface area contributed by atoms with Crippen LogP contribution in [0, 0.1) is 0 Å². The Labute approximate surface area is 111 Å². The molecule has 0 aliphatic carbocycles. The largest absolute Gasteiger partial charge is 0.243 e. The maximum Gasteiger partial charge on any atom is 0.243 e. The number of halogens is 1.